The van der Waals surface area contributed by atoms with Crippen LogP contribution in [0.2, 0.25) is 10.0 Å². The van der Waals surface area contributed by atoms with Crippen molar-refractivity contribution < 1.29 is 13.2 Å². The van der Waals surface area contributed by atoms with E-state index in [1.54, 1.807) is 24.3 Å². The van der Waals surface area contributed by atoms with Crippen LogP contribution < -0.4 is 9.62 Å². The fraction of sp³-hybridized carbons (Fsp3) is 0.0385. The van der Waals surface area contributed by atoms with E-state index < -0.39 is 22.5 Å². The lowest BCUT2D eigenvalue weighted by molar-refractivity contribution is -0.114. The summed E-state index contributed by atoms with van der Waals surface area (Å²) in [5, 5.41) is 3.62. The average Bonchev–Trinajstić information content (AvgIpc) is 2.84. The normalized spacial score (nSPS) is 11.1. The first-order chi connectivity index (χ1) is 16.8. The molecule has 0 unspecified atom stereocenters. The molecular weight excluding hydrogens is 523 g/mol. The van der Waals surface area contributed by atoms with Gasteiger partial charge >= 0.3 is 0 Å². The molecule has 35 heavy (non-hydrogen) atoms. The number of hydrogen-bond donors (Lipinski definition) is 1. The Balaban J connectivity index is 1.62. The number of benzene rings is 4. The summed E-state index contributed by atoms with van der Waals surface area (Å²) >= 11 is 13.6. The van der Waals surface area contributed by atoms with Crippen LogP contribution in [0, 0.1) is 0 Å². The lowest BCUT2D eigenvalue weighted by Gasteiger charge is -2.24. The van der Waals surface area contributed by atoms with Gasteiger partial charge in [-0.05, 0) is 66.7 Å². The fourth-order valence-electron chi connectivity index (χ4n) is 3.27. The number of nitrogens with zero attached hydrogens (tertiary/aromatic N) is 1. The smallest absolute Gasteiger partial charge is 0.264 e. The van der Waals surface area contributed by atoms with E-state index in [1.165, 1.54) is 42.1 Å². The van der Waals surface area contributed by atoms with Crippen molar-refractivity contribution in [3.8, 4) is 0 Å². The zero-order valence-corrected chi connectivity index (χ0v) is 21.4. The Morgan fingerprint density at radius 1 is 0.800 bits per heavy atom. The molecule has 0 radical (unpaired) electrons. The van der Waals surface area contributed by atoms with Crippen molar-refractivity contribution in [1.29, 1.82) is 0 Å². The third kappa shape index (κ3) is 6.38. The van der Waals surface area contributed by atoms with E-state index in [0.29, 0.717) is 15.7 Å². The van der Waals surface area contributed by atoms with E-state index in [4.69, 9.17) is 23.2 Å². The number of rotatable bonds is 8. The summed E-state index contributed by atoms with van der Waals surface area (Å²) in [5.41, 5.74) is 0.857. The number of carbonyl (C=O) groups excluding carboxylic acids is 1. The molecule has 9 heteroatoms. The van der Waals surface area contributed by atoms with E-state index in [1.807, 2.05) is 48.5 Å². The topological polar surface area (TPSA) is 66.5 Å². The highest BCUT2D eigenvalue weighted by atomic mass is 35.5. The van der Waals surface area contributed by atoms with Gasteiger partial charge < -0.3 is 5.32 Å². The van der Waals surface area contributed by atoms with Crippen LogP contribution in [0.3, 0.4) is 0 Å². The van der Waals surface area contributed by atoms with Crippen molar-refractivity contribution in [2.24, 2.45) is 0 Å². The molecule has 4 aromatic carbocycles. The molecule has 0 atom stereocenters. The molecule has 1 N–H and O–H groups in total. The Morgan fingerprint density at radius 2 is 1.49 bits per heavy atom. The molecule has 0 aliphatic rings. The minimum Gasteiger partial charge on any atom is -0.323 e. The van der Waals surface area contributed by atoms with Crippen LogP contribution in [0.25, 0.3) is 0 Å². The second-order valence-electron chi connectivity index (χ2n) is 7.40. The maximum Gasteiger partial charge on any atom is 0.264 e. The summed E-state index contributed by atoms with van der Waals surface area (Å²) in [6.45, 7) is -0.449. The molecule has 0 aromatic heterocycles. The van der Waals surface area contributed by atoms with Gasteiger partial charge in [0.05, 0.1) is 16.3 Å². The van der Waals surface area contributed by atoms with Crippen molar-refractivity contribution in [3.63, 3.8) is 0 Å². The maximum absolute atomic E-state index is 13.5. The number of para-hydroxylation sites is 1. The molecule has 0 fully saturated rings. The van der Waals surface area contributed by atoms with Crippen LogP contribution in [0.15, 0.2) is 118 Å². The van der Waals surface area contributed by atoms with Gasteiger partial charge in [-0.3, -0.25) is 9.10 Å². The Morgan fingerprint density at radius 3 is 2.20 bits per heavy atom. The maximum atomic E-state index is 13.5. The van der Waals surface area contributed by atoms with Gasteiger partial charge in [-0.25, -0.2) is 8.42 Å². The van der Waals surface area contributed by atoms with Crippen molar-refractivity contribution >= 4 is 62.3 Å². The van der Waals surface area contributed by atoms with Crippen LogP contribution in [-0.4, -0.2) is 20.9 Å². The predicted octanol–water partition coefficient (Wildman–Crippen LogP) is 6.98. The Labute approximate surface area is 218 Å². The number of anilines is 2. The minimum absolute atomic E-state index is 0.00899. The van der Waals surface area contributed by atoms with Gasteiger partial charge in [-0.15, -0.1) is 0 Å². The molecule has 5 nitrogen and oxygen atoms in total. The Kier molecular flexibility index (Phi) is 8.03. The average molecular weight is 543 g/mol. The second kappa shape index (κ2) is 11.2. The predicted molar refractivity (Wildman–Crippen MR) is 143 cm³/mol. The molecule has 0 aliphatic carbocycles. The molecular formula is C26H20Cl2N2O3S2. The Hall–Kier alpha value is -2.97. The van der Waals surface area contributed by atoms with Crippen LogP contribution in [0.4, 0.5) is 11.4 Å². The van der Waals surface area contributed by atoms with Crippen LogP contribution >= 0.6 is 35.0 Å². The molecule has 0 saturated carbocycles. The van der Waals surface area contributed by atoms with Gasteiger partial charge in [0.1, 0.15) is 6.54 Å². The molecule has 0 heterocycles. The molecule has 0 saturated heterocycles. The standard InChI is InChI=1S/C26H20Cl2N2O3S2/c27-19-13-15-23(16-14-19)35(32,33)30(21-8-6-7-20(28)17-21)18-26(31)29-24-11-4-5-12-25(24)34-22-9-2-1-3-10-22/h1-17H,18H2,(H,29,31). The number of nitrogens with one attached hydrogen (secondary N) is 1. The number of amides is 1. The third-order valence-electron chi connectivity index (χ3n) is 4.92. The summed E-state index contributed by atoms with van der Waals surface area (Å²) in [7, 11) is -4.08. The number of hydrogen-bond acceptors (Lipinski definition) is 4. The summed E-state index contributed by atoms with van der Waals surface area (Å²) in [5.74, 6) is -0.497. The van der Waals surface area contributed by atoms with Gasteiger partial charge in [-0.2, -0.15) is 0 Å². The molecule has 0 aliphatic heterocycles. The van der Waals surface area contributed by atoms with E-state index in [0.717, 1.165) is 14.1 Å². The van der Waals surface area contributed by atoms with Gasteiger partial charge in [0.2, 0.25) is 5.91 Å². The summed E-state index contributed by atoms with van der Waals surface area (Å²) in [6.07, 6.45) is 0. The Bertz CT molecular complexity index is 1430. The largest absolute Gasteiger partial charge is 0.323 e. The van der Waals surface area contributed by atoms with Crippen molar-refractivity contribution in [2.75, 3.05) is 16.2 Å². The first-order valence-electron chi connectivity index (χ1n) is 10.5. The number of sulfonamides is 1. The van der Waals surface area contributed by atoms with Crippen molar-refractivity contribution in [1.82, 2.24) is 0 Å². The minimum atomic E-state index is -4.08. The third-order valence-corrected chi connectivity index (χ3v) is 8.28. The van der Waals surface area contributed by atoms with Gasteiger partial charge in [0, 0.05) is 19.8 Å². The molecule has 1 amide bonds. The van der Waals surface area contributed by atoms with Gasteiger partial charge in [-0.1, -0.05) is 71.4 Å². The summed E-state index contributed by atoms with van der Waals surface area (Å²) in [6, 6.07) is 29.3. The van der Waals surface area contributed by atoms with Gasteiger partial charge in [0.25, 0.3) is 10.0 Å². The van der Waals surface area contributed by atoms with Crippen molar-refractivity contribution in [2.45, 2.75) is 14.7 Å². The van der Waals surface area contributed by atoms with Crippen LogP contribution in [0.5, 0.6) is 0 Å². The lowest BCUT2D eigenvalue weighted by Crippen LogP contribution is -2.38. The van der Waals surface area contributed by atoms with E-state index >= 15 is 0 Å². The van der Waals surface area contributed by atoms with E-state index in [2.05, 4.69) is 5.32 Å². The monoisotopic (exact) mass is 542 g/mol. The fourth-order valence-corrected chi connectivity index (χ4v) is 5.92. The second-order valence-corrected chi connectivity index (χ2v) is 11.3. The van der Waals surface area contributed by atoms with E-state index in [9.17, 15) is 13.2 Å². The number of carbonyl (C=O) groups is 1. The first-order valence-corrected chi connectivity index (χ1v) is 13.5. The van der Waals surface area contributed by atoms with E-state index in [-0.39, 0.29) is 10.6 Å². The van der Waals surface area contributed by atoms with Gasteiger partial charge in [0.15, 0.2) is 0 Å². The summed E-state index contributed by atoms with van der Waals surface area (Å²) in [4.78, 5) is 15.0. The zero-order valence-electron chi connectivity index (χ0n) is 18.3. The molecule has 178 valence electrons. The molecule has 0 spiro atoms. The summed E-state index contributed by atoms with van der Waals surface area (Å²) < 4.78 is 28.0. The molecule has 0 bridgehead atoms. The molecule has 4 aromatic rings. The van der Waals surface area contributed by atoms with Crippen LogP contribution in [0.1, 0.15) is 0 Å². The molecule has 4 rings (SSSR count). The number of halogens is 2. The highest BCUT2D eigenvalue weighted by Gasteiger charge is 2.27. The quantitative estimate of drug-likeness (QED) is 0.261. The first kappa shape index (κ1) is 25.1. The van der Waals surface area contributed by atoms with Crippen LogP contribution in [-0.2, 0) is 14.8 Å². The lowest BCUT2D eigenvalue weighted by atomic mass is 10.3. The SMILES string of the molecule is O=C(CN(c1cccc(Cl)c1)S(=O)(=O)c1ccc(Cl)cc1)Nc1ccccc1Sc1ccccc1. The highest BCUT2D eigenvalue weighted by Crippen LogP contribution is 2.33. The zero-order chi connectivity index (χ0) is 24.8. The highest BCUT2D eigenvalue weighted by molar-refractivity contribution is 7.99. The van der Waals surface area contributed by atoms with Crippen molar-refractivity contribution in [3.05, 3.63) is 113 Å².